The highest BCUT2D eigenvalue weighted by Crippen LogP contribution is 2.28. The number of aliphatic carboxylic acids is 1. The summed E-state index contributed by atoms with van der Waals surface area (Å²) in [6.07, 6.45) is 4.84. The maximum Gasteiger partial charge on any atom is 0.408 e. The van der Waals surface area contributed by atoms with Gasteiger partial charge in [-0.15, -0.1) is 0 Å². The minimum atomic E-state index is -1.32. The standard InChI is InChI=1S/C28H34ClFN4O4/c1-18(20-10-12-34(13-11-20)26-31-16-22(29)17-32-26)6-5-7-19-8-9-21(23(30)14-19)15-24(25(35)36)33-27(37)38-28(2,3)4/h8-9,14,16-18,20,24H,6,10-13,15H2,1-4H3,(H,33,37)(H,35,36). The number of carbonyl (C=O) groups is 2. The molecule has 0 saturated carbocycles. The van der Waals surface area contributed by atoms with Crippen LogP contribution in [0.15, 0.2) is 30.6 Å². The van der Waals surface area contributed by atoms with Gasteiger partial charge in [0.05, 0.1) is 17.4 Å². The van der Waals surface area contributed by atoms with Crippen LogP contribution in [0.4, 0.5) is 15.1 Å². The molecule has 0 radical (unpaired) electrons. The van der Waals surface area contributed by atoms with Crippen molar-refractivity contribution in [3.8, 4) is 11.8 Å². The molecule has 1 aromatic carbocycles. The highest BCUT2D eigenvalue weighted by molar-refractivity contribution is 6.30. The van der Waals surface area contributed by atoms with E-state index >= 15 is 0 Å². The topological polar surface area (TPSA) is 105 Å². The second kappa shape index (κ2) is 12.9. The third kappa shape index (κ3) is 8.88. The summed E-state index contributed by atoms with van der Waals surface area (Å²) >= 11 is 5.87. The molecule has 3 rings (SSSR count). The van der Waals surface area contributed by atoms with Gasteiger partial charge in [0.15, 0.2) is 0 Å². The number of hydrogen-bond acceptors (Lipinski definition) is 6. The number of nitrogens with one attached hydrogen (secondary N) is 1. The van der Waals surface area contributed by atoms with Crippen LogP contribution in [0.2, 0.25) is 5.02 Å². The number of carbonyl (C=O) groups excluding carboxylic acids is 1. The van der Waals surface area contributed by atoms with Crippen LogP contribution in [0.5, 0.6) is 0 Å². The Morgan fingerprint density at radius 2 is 1.92 bits per heavy atom. The van der Waals surface area contributed by atoms with E-state index < -0.39 is 29.5 Å². The Balaban J connectivity index is 1.52. The van der Waals surface area contributed by atoms with Crippen molar-refractivity contribution in [2.45, 2.75) is 65.0 Å². The lowest BCUT2D eigenvalue weighted by molar-refractivity contribution is -0.139. The van der Waals surface area contributed by atoms with Crippen LogP contribution >= 0.6 is 11.6 Å². The Kier molecular flexibility index (Phi) is 9.92. The number of piperidine rings is 1. The molecule has 1 fully saturated rings. The summed E-state index contributed by atoms with van der Waals surface area (Å²) in [4.78, 5) is 34.3. The van der Waals surface area contributed by atoms with Gasteiger partial charge in [-0.3, -0.25) is 0 Å². The summed E-state index contributed by atoms with van der Waals surface area (Å²) in [6.45, 7) is 8.94. The molecule has 1 aliphatic rings. The molecule has 2 atom stereocenters. The van der Waals surface area contributed by atoms with E-state index in [4.69, 9.17) is 16.3 Å². The first kappa shape index (κ1) is 29.2. The van der Waals surface area contributed by atoms with Crippen molar-refractivity contribution in [1.82, 2.24) is 15.3 Å². The number of aromatic nitrogens is 2. The minimum Gasteiger partial charge on any atom is -0.480 e. The number of nitrogens with zero attached hydrogens (tertiary/aromatic N) is 3. The molecule has 0 bridgehead atoms. The van der Waals surface area contributed by atoms with Crippen molar-refractivity contribution in [3.63, 3.8) is 0 Å². The average Bonchev–Trinajstić information content (AvgIpc) is 2.84. The van der Waals surface area contributed by atoms with Gasteiger partial charge in [0, 0.05) is 31.5 Å². The number of rotatable bonds is 7. The van der Waals surface area contributed by atoms with Crippen LogP contribution in [0, 0.1) is 29.5 Å². The van der Waals surface area contributed by atoms with Crippen LogP contribution in [-0.2, 0) is 16.0 Å². The van der Waals surface area contributed by atoms with E-state index in [0.717, 1.165) is 25.9 Å². The maximum absolute atomic E-state index is 14.7. The van der Waals surface area contributed by atoms with E-state index in [9.17, 15) is 19.1 Å². The van der Waals surface area contributed by atoms with Crippen LogP contribution in [0.25, 0.3) is 0 Å². The first-order chi connectivity index (χ1) is 17.9. The number of hydrogen-bond donors (Lipinski definition) is 2. The van der Waals surface area contributed by atoms with Gasteiger partial charge in [0.1, 0.15) is 17.5 Å². The van der Waals surface area contributed by atoms with Gasteiger partial charge in [-0.05, 0) is 63.1 Å². The molecule has 204 valence electrons. The molecular formula is C28H34ClFN4O4. The van der Waals surface area contributed by atoms with Crippen molar-refractivity contribution in [3.05, 3.63) is 52.6 Å². The number of amides is 1. The predicted octanol–water partition coefficient (Wildman–Crippen LogP) is 5.08. The van der Waals surface area contributed by atoms with Crippen LogP contribution in [0.1, 0.15) is 58.1 Å². The first-order valence-electron chi connectivity index (χ1n) is 12.6. The van der Waals surface area contributed by atoms with Gasteiger partial charge < -0.3 is 20.1 Å². The lowest BCUT2D eigenvalue weighted by Crippen LogP contribution is -2.44. The Bertz CT molecular complexity index is 1180. The Morgan fingerprint density at radius 3 is 2.50 bits per heavy atom. The molecule has 38 heavy (non-hydrogen) atoms. The van der Waals surface area contributed by atoms with Crippen LogP contribution < -0.4 is 10.2 Å². The van der Waals surface area contributed by atoms with Crippen molar-refractivity contribution >= 4 is 29.6 Å². The number of benzene rings is 1. The maximum atomic E-state index is 14.7. The van der Waals surface area contributed by atoms with Gasteiger partial charge in [-0.1, -0.05) is 36.4 Å². The molecular weight excluding hydrogens is 511 g/mol. The molecule has 2 unspecified atom stereocenters. The summed E-state index contributed by atoms with van der Waals surface area (Å²) in [5.74, 6) is 5.94. The molecule has 2 N–H and O–H groups in total. The van der Waals surface area contributed by atoms with Gasteiger partial charge >= 0.3 is 12.1 Å². The number of halogens is 2. The van der Waals surface area contributed by atoms with Crippen molar-refractivity contribution in [2.24, 2.45) is 11.8 Å². The number of ether oxygens (including phenoxy) is 1. The van der Waals surface area contributed by atoms with E-state index in [1.807, 2.05) is 0 Å². The van der Waals surface area contributed by atoms with Gasteiger partial charge in [0.2, 0.25) is 5.95 Å². The summed E-state index contributed by atoms with van der Waals surface area (Å²) in [5.41, 5.74) is -0.0937. The monoisotopic (exact) mass is 544 g/mol. The predicted molar refractivity (Wildman–Crippen MR) is 144 cm³/mol. The van der Waals surface area contributed by atoms with Crippen LogP contribution in [0.3, 0.4) is 0 Å². The zero-order valence-electron chi connectivity index (χ0n) is 22.1. The molecule has 1 saturated heterocycles. The number of carboxylic acids is 1. The second-order valence-corrected chi connectivity index (χ2v) is 11.0. The normalized spacial score (nSPS) is 15.7. The van der Waals surface area contributed by atoms with Crippen molar-refractivity contribution in [1.29, 1.82) is 0 Å². The Labute approximate surface area is 227 Å². The largest absolute Gasteiger partial charge is 0.480 e. The van der Waals surface area contributed by atoms with Gasteiger partial charge in [-0.2, -0.15) is 0 Å². The van der Waals surface area contributed by atoms with E-state index in [1.165, 1.54) is 12.1 Å². The molecule has 2 heterocycles. The molecule has 1 amide bonds. The third-order valence-electron chi connectivity index (χ3n) is 6.36. The fraction of sp³-hybridized carbons (Fsp3) is 0.500. The zero-order valence-corrected chi connectivity index (χ0v) is 22.9. The lowest BCUT2D eigenvalue weighted by Gasteiger charge is -2.34. The molecule has 10 heteroatoms. The fourth-order valence-electron chi connectivity index (χ4n) is 4.28. The lowest BCUT2D eigenvalue weighted by atomic mass is 9.84. The average molecular weight is 545 g/mol. The summed E-state index contributed by atoms with van der Waals surface area (Å²) in [5, 5.41) is 12.3. The third-order valence-corrected chi connectivity index (χ3v) is 6.55. The first-order valence-corrected chi connectivity index (χ1v) is 13.0. The van der Waals surface area contributed by atoms with Crippen LogP contribution in [-0.4, -0.2) is 51.9 Å². The highest BCUT2D eigenvalue weighted by atomic mass is 35.5. The Hall–Kier alpha value is -3.38. The summed E-state index contributed by atoms with van der Waals surface area (Å²) in [7, 11) is 0. The minimum absolute atomic E-state index is 0.170. The molecule has 8 nitrogen and oxygen atoms in total. The molecule has 1 aliphatic heterocycles. The molecule has 2 aromatic rings. The number of carboxylic acid groups (broad SMARTS) is 1. The SMILES string of the molecule is CC(CC#Cc1ccc(CC(NC(=O)OC(C)(C)C)C(=O)O)c(F)c1)C1CCN(c2ncc(Cl)cn2)CC1. The molecule has 0 aliphatic carbocycles. The highest BCUT2D eigenvalue weighted by Gasteiger charge is 2.26. The van der Waals surface area contributed by atoms with E-state index in [-0.39, 0.29) is 12.0 Å². The number of anilines is 1. The Morgan fingerprint density at radius 1 is 1.26 bits per heavy atom. The van der Waals surface area contributed by atoms with E-state index in [2.05, 4.69) is 38.9 Å². The second-order valence-electron chi connectivity index (χ2n) is 10.6. The van der Waals surface area contributed by atoms with E-state index in [1.54, 1.807) is 39.2 Å². The summed E-state index contributed by atoms with van der Waals surface area (Å²) in [6, 6.07) is 3.14. The van der Waals surface area contributed by atoms with Crippen molar-refractivity contribution in [2.75, 3.05) is 18.0 Å². The molecule has 0 spiro atoms. The quantitative estimate of drug-likeness (QED) is 0.468. The van der Waals surface area contributed by atoms with E-state index in [0.29, 0.717) is 34.8 Å². The number of alkyl carbamates (subject to hydrolysis) is 1. The smallest absolute Gasteiger partial charge is 0.408 e. The van der Waals surface area contributed by atoms with Gasteiger partial charge in [0.25, 0.3) is 0 Å². The summed E-state index contributed by atoms with van der Waals surface area (Å²) < 4.78 is 19.8. The van der Waals surface area contributed by atoms with Crippen molar-refractivity contribution < 1.29 is 23.8 Å². The fourth-order valence-corrected chi connectivity index (χ4v) is 4.38. The molecule has 1 aromatic heterocycles. The van der Waals surface area contributed by atoms with Gasteiger partial charge in [-0.25, -0.2) is 23.9 Å². The zero-order chi connectivity index (χ0) is 27.9.